The number of carbonyl (C=O) groups excluding carboxylic acids is 1. The van der Waals surface area contributed by atoms with Crippen molar-refractivity contribution in [3.63, 3.8) is 0 Å². The number of carbonyl (C=O) groups is 2. The molecule has 1 aromatic carbocycles. The van der Waals surface area contributed by atoms with Crippen LogP contribution >= 0.6 is 0 Å². The second-order valence-electron chi connectivity index (χ2n) is 4.41. The molecule has 102 valence electrons. The van der Waals surface area contributed by atoms with Crippen LogP contribution in [-0.4, -0.2) is 41.4 Å². The van der Waals surface area contributed by atoms with E-state index in [-0.39, 0.29) is 0 Å². The number of aliphatic hydroxyl groups is 1. The lowest BCUT2D eigenvalue weighted by molar-refractivity contribution is -0.140. The number of aryl methyl sites for hydroxylation is 1. The summed E-state index contributed by atoms with van der Waals surface area (Å²) in [4.78, 5) is 24.4. The van der Waals surface area contributed by atoms with Gasteiger partial charge in [0.2, 0.25) is 0 Å². The van der Waals surface area contributed by atoms with Crippen molar-refractivity contribution in [1.29, 1.82) is 0 Å². The van der Waals surface area contributed by atoms with E-state index in [1.807, 2.05) is 24.3 Å². The number of nitrogens with one attached hydrogen (secondary N) is 1. The minimum Gasteiger partial charge on any atom is -0.480 e. The third-order valence-corrected chi connectivity index (χ3v) is 3.13. The summed E-state index contributed by atoms with van der Waals surface area (Å²) >= 11 is 0. The Bertz CT molecular complexity index is 489. The highest BCUT2D eigenvalue weighted by Crippen LogP contribution is 2.26. The van der Waals surface area contributed by atoms with Crippen molar-refractivity contribution >= 4 is 17.7 Å². The first-order chi connectivity index (χ1) is 9.13. The standard InChI is InChI=1S/C13H16N2O4/c16-8-10(12(17)18)14-13(19)15-7-3-5-9-4-1-2-6-11(9)15/h1-2,4,6,10,16H,3,5,7-8H2,(H,14,19)(H,17,18). The summed E-state index contributed by atoms with van der Waals surface area (Å²) in [6.45, 7) is -0.0861. The fraction of sp³-hybridized carbons (Fsp3) is 0.385. The van der Waals surface area contributed by atoms with Gasteiger partial charge in [0.1, 0.15) is 0 Å². The molecule has 6 heteroatoms. The van der Waals surface area contributed by atoms with Crippen LogP contribution in [0.15, 0.2) is 24.3 Å². The number of hydrogen-bond acceptors (Lipinski definition) is 3. The summed E-state index contributed by atoms with van der Waals surface area (Å²) in [5.41, 5.74) is 1.87. The molecule has 0 saturated carbocycles. The zero-order chi connectivity index (χ0) is 13.8. The van der Waals surface area contributed by atoms with Gasteiger partial charge in [-0.3, -0.25) is 4.90 Å². The normalized spacial score (nSPS) is 15.5. The van der Waals surface area contributed by atoms with Gasteiger partial charge in [0, 0.05) is 12.2 Å². The first kappa shape index (κ1) is 13.4. The van der Waals surface area contributed by atoms with Crippen LogP contribution in [0.4, 0.5) is 10.5 Å². The number of nitrogens with zero attached hydrogens (tertiary/aromatic N) is 1. The zero-order valence-corrected chi connectivity index (χ0v) is 10.4. The average molecular weight is 264 g/mol. The van der Waals surface area contributed by atoms with E-state index in [0.717, 1.165) is 24.1 Å². The topological polar surface area (TPSA) is 89.9 Å². The van der Waals surface area contributed by atoms with Gasteiger partial charge in [-0.25, -0.2) is 9.59 Å². The summed E-state index contributed by atoms with van der Waals surface area (Å²) in [7, 11) is 0. The molecule has 2 rings (SSSR count). The first-order valence-corrected chi connectivity index (χ1v) is 6.13. The van der Waals surface area contributed by atoms with Gasteiger partial charge in [-0.05, 0) is 24.5 Å². The average Bonchev–Trinajstić information content (AvgIpc) is 2.43. The SMILES string of the molecule is O=C(O)C(CO)NC(=O)N1CCCc2ccccc21. The molecular weight excluding hydrogens is 248 g/mol. The second kappa shape index (κ2) is 5.71. The molecule has 1 unspecified atom stereocenters. The van der Waals surface area contributed by atoms with Gasteiger partial charge in [0.15, 0.2) is 6.04 Å². The van der Waals surface area contributed by atoms with Gasteiger partial charge < -0.3 is 15.5 Å². The highest BCUT2D eigenvalue weighted by atomic mass is 16.4. The van der Waals surface area contributed by atoms with Crippen molar-refractivity contribution in [2.75, 3.05) is 18.1 Å². The molecule has 0 radical (unpaired) electrons. The molecule has 3 N–H and O–H groups in total. The largest absolute Gasteiger partial charge is 0.480 e. The molecule has 1 aromatic rings. The maximum atomic E-state index is 12.1. The van der Waals surface area contributed by atoms with Crippen LogP contribution in [0.2, 0.25) is 0 Å². The first-order valence-electron chi connectivity index (χ1n) is 6.13. The van der Waals surface area contributed by atoms with Crippen molar-refractivity contribution < 1.29 is 19.8 Å². The van der Waals surface area contributed by atoms with E-state index in [9.17, 15) is 9.59 Å². The van der Waals surface area contributed by atoms with Gasteiger partial charge in [0.05, 0.1) is 6.61 Å². The number of aliphatic hydroxyl groups excluding tert-OH is 1. The van der Waals surface area contributed by atoms with Gasteiger partial charge in [-0.2, -0.15) is 0 Å². The molecule has 1 aliphatic rings. The summed E-state index contributed by atoms with van der Waals surface area (Å²) in [6, 6.07) is 5.77. The van der Waals surface area contributed by atoms with Crippen LogP contribution in [0.25, 0.3) is 0 Å². The number of urea groups is 1. The van der Waals surface area contributed by atoms with E-state index < -0.39 is 24.6 Å². The van der Waals surface area contributed by atoms with E-state index in [2.05, 4.69) is 5.32 Å². The summed E-state index contributed by atoms with van der Waals surface area (Å²) in [5, 5.41) is 20.1. The number of amides is 2. The molecule has 1 atom stereocenters. The van der Waals surface area contributed by atoms with Crippen molar-refractivity contribution in [2.24, 2.45) is 0 Å². The Kier molecular flexibility index (Phi) is 4.01. The molecular formula is C13H16N2O4. The fourth-order valence-corrected chi connectivity index (χ4v) is 2.16. The molecule has 6 nitrogen and oxygen atoms in total. The predicted octanol–water partition coefficient (Wildman–Crippen LogP) is 0.594. The Morgan fingerprint density at radius 2 is 2.11 bits per heavy atom. The number of rotatable bonds is 3. The molecule has 19 heavy (non-hydrogen) atoms. The highest BCUT2D eigenvalue weighted by molar-refractivity contribution is 5.95. The smallest absolute Gasteiger partial charge is 0.328 e. The minimum atomic E-state index is -1.28. The molecule has 0 aliphatic carbocycles. The highest BCUT2D eigenvalue weighted by Gasteiger charge is 2.26. The van der Waals surface area contributed by atoms with Crippen LogP contribution in [-0.2, 0) is 11.2 Å². The lowest BCUT2D eigenvalue weighted by Gasteiger charge is -2.30. The summed E-state index contributed by atoms with van der Waals surface area (Å²) in [6.07, 6.45) is 1.74. The number of carboxylic acids is 1. The van der Waals surface area contributed by atoms with Gasteiger partial charge in [0.25, 0.3) is 0 Å². The van der Waals surface area contributed by atoms with E-state index in [0.29, 0.717) is 6.54 Å². The molecule has 1 aliphatic heterocycles. The molecule has 0 saturated heterocycles. The second-order valence-corrected chi connectivity index (χ2v) is 4.41. The third-order valence-electron chi connectivity index (χ3n) is 3.13. The van der Waals surface area contributed by atoms with Crippen LogP contribution < -0.4 is 10.2 Å². The molecule has 0 spiro atoms. The number of para-hydroxylation sites is 1. The van der Waals surface area contributed by atoms with Crippen LogP contribution in [0.5, 0.6) is 0 Å². The number of carboxylic acid groups (broad SMARTS) is 1. The van der Waals surface area contributed by atoms with Gasteiger partial charge >= 0.3 is 12.0 Å². The number of hydrogen-bond donors (Lipinski definition) is 3. The predicted molar refractivity (Wildman–Crippen MR) is 69.2 cm³/mol. The molecule has 1 heterocycles. The van der Waals surface area contributed by atoms with Crippen molar-refractivity contribution in [3.05, 3.63) is 29.8 Å². The lowest BCUT2D eigenvalue weighted by Crippen LogP contribution is -2.50. The minimum absolute atomic E-state index is 0.492. The Labute approximate surface area is 110 Å². The quantitative estimate of drug-likeness (QED) is 0.745. The van der Waals surface area contributed by atoms with Crippen LogP contribution in [0.3, 0.4) is 0 Å². The van der Waals surface area contributed by atoms with Crippen molar-refractivity contribution in [2.45, 2.75) is 18.9 Å². The third kappa shape index (κ3) is 2.85. The van der Waals surface area contributed by atoms with Gasteiger partial charge in [-0.1, -0.05) is 18.2 Å². The Balaban J connectivity index is 2.15. The maximum absolute atomic E-state index is 12.1. The lowest BCUT2D eigenvalue weighted by atomic mass is 10.0. The maximum Gasteiger partial charge on any atom is 0.328 e. The van der Waals surface area contributed by atoms with Gasteiger partial charge in [-0.15, -0.1) is 0 Å². The van der Waals surface area contributed by atoms with E-state index in [1.165, 1.54) is 4.90 Å². The Morgan fingerprint density at radius 3 is 2.79 bits per heavy atom. The Morgan fingerprint density at radius 1 is 1.37 bits per heavy atom. The molecule has 0 fully saturated rings. The molecule has 0 bridgehead atoms. The van der Waals surface area contributed by atoms with Crippen LogP contribution in [0.1, 0.15) is 12.0 Å². The number of aliphatic carboxylic acids is 1. The zero-order valence-electron chi connectivity index (χ0n) is 10.4. The van der Waals surface area contributed by atoms with Crippen molar-refractivity contribution in [3.8, 4) is 0 Å². The summed E-state index contributed by atoms with van der Waals surface area (Å²) < 4.78 is 0. The number of anilines is 1. The van der Waals surface area contributed by atoms with E-state index >= 15 is 0 Å². The number of fused-ring (bicyclic) bond motifs is 1. The molecule has 2 amide bonds. The number of benzene rings is 1. The van der Waals surface area contributed by atoms with Crippen LogP contribution in [0, 0.1) is 0 Å². The monoisotopic (exact) mass is 264 g/mol. The fourth-order valence-electron chi connectivity index (χ4n) is 2.16. The van der Waals surface area contributed by atoms with Crippen molar-refractivity contribution in [1.82, 2.24) is 5.32 Å². The molecule has 0 aromatic heterocycles. The van der Waals surface area contributed by atoms with E-state index in [4.69, 9.17) is 10.2 Å². The Hall–Kier alpha value is -2.08. The van der Waals surface area contributed by atoms with E-state index in [1.54, 1.807) is 0 Å². The summed E-state index contributed by atoms with van der Waals surface area (Å²) in [5.74, 6) is -1.25.